The lowest BCUT2D eigenvalue weighted by molar-refractivity contribution is 0.629. The summed E-state index contributed by atoms with van der Waals surface area (Å²) in [6, 6.07) is 4.54. The molecule has 0 fully saturated rings. The van der Waals surface area contributed by atoms with Crippen molar-refractivity contribution >= 4 is 17.3 Å². The molecule has 0 aliphatic heterocycles. The highest BCUT2D eigenvalue weighted by atomic mass is 35.5. The number of benzene rings is 1. The Hall–Kier alpha value is -1.55. The first kappa shape index (κ1) is 11.0. The van der Waals surface area contributed by atoms with E-state index >= 15 is 0 Å². The van der Waals surface area contributed by atoms with Gasteiger partial charge in [0.2, 0.25) is 0 Å². The van der Waals surface area contributed by atoms with Crippen LogP contribution in [0, 0.1) is 5.82 Å². The van der Waals surface area contributed by atoms with E-state index in [0.29, 0.717) is 17.3 Å². The number of anilines is 1. The maximum absolute atomic E-state index is 13.4. The number of nitrogens with one attached hydrogen (secondary N) is 1. The largest absolute Gasteiger partial charge is 0.375 e. The molecule has 1 N–H and O–H groups in total. The first-order valence-corrected chi connectivity index (χ1v) is 5.20. The van der Waals surface area contributed by atoms with Gasteiger partial charge >= 0.3 is 0 Å². The van der Waals surface area contributed by atoms with Gasteiger partial charge in [-0.25, -0.2) is 9.37 Å². The highest BCUT2D eigenvalue weighted by molar-refractivity contribution is 6.30. The highest BCUT2D eigenvalue weighted by Crippen LogP contribution is 2.19. The van der Waals surface area contributed by atoms with Gasteiger partial charge in [-0.1, -0.05) is 11.6 Å². The Morgan fingerprint density at radius 3 is 2.94 bits per heavy atom. The van der Waals surface area contributed by atoms with Crippen LogP contribution in [0.3, 0.4) is 0 Å². The number of hydrogen-bond acceptors (Lipinski definition) is 2. The second-order valence-electron chi connectivity index (χ2n) is 3.43. The number of hydrogen-bond donors (Lipinski definition) is 1. The zero-order chi connectivity index (χ0) is 11.5. The molecule has 5 heteroatoms. The summed E-state index contributed by atoms with van der Waals surface area (Å²) in [6.07, 6.45) is 3.55. The smallest absolute Gasteiger partial charge is 0.147 e. The van der Waals surface area contributed by atoms with Crippen LogP contribution in [0.25, 0.3) is 0 Å². The van der Waals surface area contributed by atoms with Gasteiger partial charge < -0.3 is 9.88 Å². The third-order valence-corrected chi connectivity index (χ3v) is 2.52. The summed E-state index contributed by atoms with van der Waals surface area (Å²) in [5.41, 5.74) is 0.424. The van der Waals surface area contributed by atoms with Gasteiger partial charge in [-0.15, -0.1) is 0 Å². The molecule has 0 amide bonds. The molecule has 1 aromatic heterocycles. The molecule has 2 rings (SSSR count). The summed E-state index contributed by atoms with van der Waals surface area (Å²) in [5.74, 6) is 0.482. The van der Waals surface area contributed by atoms with Gasteiger partial charge in [0.05, 0.1) is 12.2 Å². The summed E-state index contributed by atoms with van der Waals surface area (Å²) in [7, 11) is 1.89. The van der Waals surface area contributed by atoms with E-state index in [-0.39, 0.29) is 5.82 Å². The van der Waals surface area contributed by atoms with Crippen molar-refractivity contribution in [1.82, 2.24) is 9.55 Å². The second kappa shape index (κ2) is 4.53. The number of rotatable bonds is 3. The van der Waals surface area contributed by atoms with Gasteiger partial charge in [-0.3, -0.25) is 0 Å². The molecular weight excluding hydrogens is 229 g/mol. The minimum absolute atomic E-state index is 0.360. The van der Waals surface area contributed by atoms with E-state index in [0.717, 1.165) is 5.82 Å². The van der Waals surface area contributed by atoms with Crippen LogP contribution in [0.15, 0.2) is 30.6 Å². The fourth-order valence-electron chi connectivity index (χ4n) is 1.37. The normalized spacial score (nSPS) is 10.4. The minimum Gasteiger partial charge on any atom is -0.375 e. The zero-order valence-corrected chi connectivity index (χ0v) is 9.50. The SMILES string of the molecule is Cn1ccnc1CNc1ccc(Cl)cc1F. The number of aryl methyl sites for hydroxylation is 1. The molecule has 0 bridgehead atoms. The monoisotopic (exact) mass is 239 g/mol. The van der Waals surface area contributed by atoms with Crippen LogP contribution >= 0.6 is 11.6 Å². The quantitative estimate of drug-likeness (QED) is 0.893. The van der Waals surface area contributed by atoms with Crippen LogP contribution < -0.4 is 5.32 Å². The Morgan fingerprint density at radius 2 is 2.31 bits per heavy atom. The van der Waals surface area contributed by atoms with E-state index in [9.17, 15) is 4.39 Å². The third kappa shape index (κ3) is 2.33. The standard InChI is InChI=1S/C11H11ClFN3/c1-16-5-4-14-11(16)7-15-10-3-2-8(12)6-9(10)13/h2-6,15H,7H2,1H3. The van der Waals surface area contributed by atoms with E-state index in [1.807, 2.05) is 17.8 Å². The highest BCUT2D eigenvalue weighted by Gasteiger charge is 2.04. The van der Waals surface area contributed by atoms with E-state index in [1.54, 1.807) is 18.3 Å². The molecule has 0 spiro atoms. The molecule has 0 unspecified atom stereocenters. The summed E-state index contributed by atoms with van der Waals surface area (Å²) in [4.78, 5) is 4.13. The van der Waals surface area contributed by atoms with Gasteiger partial charge in [-0.05, 0) is 18.2 Å². The molecular formula is C11H11ClFN3. The lowest BCUT2D eigenvalue weighted by Crippen LogP contribution is -2.06. The van der Waals surface area contributed by atoms with Crippen LogP contribution in [0.4, 0.5) is 10.1 Å². The van der Waals surface area contributed by atoms with Crippen molar-refractivity contribution in [1.29, 1.82) is 0 Å². The van der Waals surface area contributed by atoms with Crippen LogP contribution in [-0.2, 0) is 13.6 Å². The van der Waals surface area contributed by atoms with E-state index < -0.39 is 0 Å². The predicted octanol–water partition coefficient (Wildman–Crippen LogP) is 2.82. The zero-order valence-electron chi connectivity index (χ0n) is 8.74. The second-order valence-corrected chi connectivity index (χ2v) is 3.87. The fourth-order valence-corrected chi connectivity index (χ4v) is 1.53. The van der Waals surface area contributed by atoms with Crippen molar-refractivity contribution in [2.75, 3.05) is 5.32 Å². The molecule has 0 aliphatic carbocycles. The number of imidazole rings is 1. The van der Waals surface area contributed by atoms with Gasteiger partial charge in [0.15, 0.2) is 0 Å². The van der Waals surface area contributed by atoms with Crippen LogP contribution in [0.2, 0.25) is 5.02 Å². The summed E-state index contributed by atoms with van der Waals surface area (Å²) < 4.78 is 15.3. The van der Waals surface area contributed by atoms with Gasteiger partial charge in [0.25, 0.3) is 0 Å². The molecule has 0 aliphatic rings. The van der Waals surface area contributed by atoms with Crippen molar-refractivity contribution in [2.24, 2.45) is 7.05 Å². The first-order valence-electron chi connectivity index (χ1n) is 4.82. The fraction of sp³-hybridized carbons (Fsp3) is 0.182. The van der Waals surface area contributed by atoms with E-state index in [1.165, 1.54) is 6.07 Å². The first-order chi connectivity index (χ1) is 7.66. The van der Waals surface area contributed by atoms with Crippen molar-refractivity contribution in [2.45, 2.75) is 6.54 Å². The van der Waals surface area contributed by atoms with E-state index in [2.05, 4.69) is 10.3 Å². The Bertz CT molecular complexity index is 496. The molecule has 0 radical (unpaired) electrons. The lowest BCUT2D eigenvalue weighted by Gasteiger charge is -2.07. The number of aromatic nitrogens is 2. The minimum atomic E-state index is -0.360. The summed E-state index contributed by atoms with van der Waals surface area (Å²) in [5, 5.41) is 3.36. The Balaban J connectivity index is 2.08. The molecule has 1 heterocycles. The Morgan fingerprint density at radius 1 is 1.50 bits per heavy atom. The molecule has 2 aromatic rings. The maximum Gasteiger partial charge on any atom is 0.147 e. The predicted molar refractivity (Wildman–Crippen MR) is 61.9 cm³/mol. The summed E-state index contributed by atoms with van der Waals surface area (Å²) in [6.45, 7) is 0.474. The average Bonchev–Trinajstić information content (AvgIpc) is 2.63. The molecule has 0 saturated carbocycles. The van der Waals surface area contributed by atoms with Crippen molar-refractivity contribution < 1.29 is 4.39 Å². The van der Waals surface area contributed by atoms with Gasteiger partial charge in [0, 0.05) is 24.5 Å². The Labute approximate surface area is 97.9 Å². The topological polar surface area (TPSA) is 29.9 Å². The van der Waals surface area contributed by atoms with Crippen molar-refractivity contribution in [3.63, 3.8) is 0 Å². The number of halogens is 2. The van der Waals surface area contributed by atoms with Crippen LogP contribution in [0.1, 0.15) is 5.82 Å². The van der Waals surface area contributed by atoms with Gasteiger partial charge in [-0.2, -0.15) is 0 Å². The lowest BCUT2D eigenvalue weighted by atomic mass is 10.3. The van der Waals surface area contributed by atoms with E-state index in [4.69, 9.17) is 11.6 Å². The van der Waals surface area contributed by atoms with Crippen molar-refractivity contribution in [3.8, 4) is 0 Å². The third-order valence-electron chi connectivity index (χ3n) is 2.29. The maximum atomic E-state index is 13.4. The molecule has 0 saturated heterocycles. The molecule has 16 heavy (non-hydrogen) atoms. The van der Waals surface area contributed by atoms with Crippen LogP contribution in [-0.4, -0.2) is 9.55 Å². The molecule has 0 atom stereocenters. The average molecular weight is 240 g/mol. The number of nitrogens with zero attached hydrogens (tertiary/aromatic N) is 2. The molecule has 3 nitrogen and oxygen atoms in total. The molecule has 84 valence electrons. The van der Waals surface area contributed by atoms with Gasteiger partial charge in [0.1, 0.15) is 11.6 Å². The molecule has 1 aromatic carbocycles. The van der Waals surface area contributed by atoms with Crippen LogP contribution in [0.5, 0.6) is 0 Å². The van der Waals surface area contributed by atoms with Crippen molar-refractivity contribution in [3.05, 3.63) is 47.3 Å². The summed E-state index contributed by atoms with van der Waals surface area (Å²) >= 11 is 5.66. The Kier molecular flexibility index (Phi) is 3.10.